The first kappa shape index (κ1) is 14.4. The molecule has 1 aliphatic rings. The van der Waals surface area contributed by atoms with E-state index in [2.05, 4.69) is 34.7 Å². The lowest BCUT2D eigenvalue weighted by atomic mass is 10.2. The topological polar surface area (TPSA) is 89.8 Å². The summed E-state index contributed by atoms with van der Waals surface area (Å²) in [6.45, 7) is 5.71. The van der Waals surface area contributed by atoms with Crippen LogP contribution in [0, 0.1) is 5.92 Å². The molecule has 19 heavy (non-hydrogen) atoms. The summed E-state index contributed by atoms with van der Waals surface area (Å²) in [4.78, 5) is 0. The van der Waals surface area contributed by atoms with Crippen molar-refractivity contribution in [1.82, 2.24) is 25.5 Å². The summed E-state index contributed by atoms with van der Waals surface area (Å²) in [5, 5.41) is 14.9. The van der Waals surface area contributed by atoms with Crippen molar-refractivity contribution < 1.29 is 8.42 Å². The molecule has 0 amide bonds. The summed E-state index contributed by atoms with van der Waals surface area (Å²) in [5.41, 5.74) is 0. The largest absolute Gasteiger partial charge is 0.310 e. The van der Waals surface area contributed by atoms with Gasteiger partial charge in [0.2, 0.25) is 0 Å². The fourth-order valence-electron chi connectivity index (χ4n) is 2.28. The first-order chi connectivity index (χ1) is 8.98. The molecule has 7 nitrogen and oxygen atoms in total. The Morgan fingerprint density at radius 1 is 1.47 bits per heavy atom. The van der Waals surface area contributed by atoms with Crippen LogP contribution < -0.4 is 5.32 Å². The van der Waals surface area contributed by atoms with Crippen LogP contribution in [-0.2, 0) is 16.4 Å². The molecule has 1 aromatic heterocycles. The van der Waals surface area contributed by atoms with Crippen molar-refractivity contribution in [2.45, 2.75) is 39.3 Å². The molecule has 1 fully saturated rings. The lowest BCUT2D eigenvalue weighted by Gasteiger charge is -2.22. The van der Waals surface area contributed by atoms with E-state index in [1.807, 2.05) is 0 Å². The molecule has 0 aliphatic carbocycles. The average Bonchev–Trinajstić information content (AvgIpc) is 2.75. The second kappa shape index (κ2) is 5.96. The van der Waals surface area contributed by atoms with Crippen molar-refractivity contribution in [2.24, 2.45) is 5.92 Å². The molecule has 108 valence electrons. The quantitative estimate of drug-likeness (QED) is 0.830. The number of hydrogen-bond donors (Lipinski definition) is 1. The minimum absolute atomic E-state index is 0.121. The van der Waals surface area contributed by atoms with E-state index in [1.165, 1.54) is 0 Å². The van der Waals surface area contributed by atoms with Crippen LogP contribution in [0.2, 0.25) is 0 Å². The van der Waals surface area contributed by atoms with Crippen LogP contribution >= 0.6 is 0 Å². The third-order valence-corrected chi connectivity index (χ3v) is 4.98. The molecule has 0 spiro atoms. The van der Waals surface area contributed by atoms with Crippen LogP contribution in [0.25, 0.3) is 0 Å². The summed E-state index contributed by atoms with van der Waals surface area (Å²) >= 11 is 0. The Morgan fingerprint density at radius 2 is 2.26 bits per heavy atom. The van der Waals surface area contributed by atoms with Gasteiger partial charge in [0.05, 0.1) is 24.1 Å². The van der Waals surface area contributed by atoms with Crippen LogP contribution in [0.1, 0.15) is 38.6 Å². The van der Waals surface area contributed by atoms with Gasteiger partial charge in [-0.3, -0.25) is 0 Å². The molecule has 8 heteroatoms. The van der Waals surface area contributed by atoms with Crippen LogP contribution in [0.4, 0.5) is 0 Å². The van der Waals surface area contributed by atoms with E-state index in [4.69, 9.17) is 0 Å². The molecule has 1 aliphatic heterocycles. The number of sulfone groups is 1. The van der Waals surface area contributed by atoms with Gasteiger partial charge >= 0.3 is 0 Å². The Bertz CT molecular complexity index is 511. The normalized spacial score (nSPS) is 22.8. The fourth-order valence-corrected chi connectivity index (χ4v) is 3.94. The number of hydrogen-bond acceptors (Lipinski definition) is 6. The first-order valence-corrected chi connectivity index (χ1v) is 8.48. The SMILES string of the molecule is CC(C)CNCc1nnnn1C1CCCS(=O)(=O)C1. The molecular weight excluding hydrogens is 266 g/mol. The van der Waals surface area contributed by atoms with Gasteiger partial charge in [0.1, 0.15) is 0 Å². The molecule has 0 saturated carbocycles. The number of nitrogens with zero attached hydrogens (tertiary/aromatic N) is 4. The van der Waals surface area contributed by atoms with Crippen molar-refractivity contribution in [3.8, 4) is 0 Å². The first-order valence-electron chi connectivity index (χ1n) is 6.66. The Balaban J connectivity index is 2.02. The van der Waals surface area contributed by atoms with Crippen molar-refractivity contribution in [2.75, 3.05) is 18.1 Å². The van der Waals surface area contributed by atoms with E-state index in [0.29, 0.717) is 24.7 Å². The summed E-state index contributed by atoms with van der Waals surface area (Å²) in [5.74, 6) is 1.70. The Labute approximate surface area is 113 Å². The molecular formula is C11H21N5O2S. The van der Waals surface area contributed by atoms with Gasteiger partial charge in [0.25, 0.3) is 0 Å². The molecule has 2 heterocycles. The van der Waals surface area contributed by atoms with E-state index in [1.54, 1.807) is 4.68 Å². The molecule has 1 N–H and O–H groups in total. The molecule has 1 atom stereocenters. The summed E-state index contributed by atoms with van der Waals surface area (Å²) < 4.78 is 25.0. The van der Waals surface area contributed by atoms with Crippen LogP contribution in [0.15, 0.2) is 0 Å². The van der Waals surface area contributed by atoms with E-state index in [0.717, 1.165) is 13.0 Å². The zero-order valence-corrected chi connectivity index (χ0v) is 12.2. The maximum absolute atomic E-state index is 11.7. The van der Waals surface area contributed by atoms with Crippen molar-refractivity contribution in [3.63, 3.8) is 0 Å². The third kappa shape index (κ3) is 3.97. The third-order valence-electron chi connectivity index (χ3n) is 3.18. The van der Waals surface area contributed by atoms with Gasteiger partial charge in [0, 0.05) is 0 Å². The summed E-state index contributed by atoms with van der Waals surface area (Å²) in [6, 6.07) is -0.121. The lowest BCUT2D eigenvalue weighted by molar-refractivity contribution is 0.406. The van der Waals surface area contributed by atoms with Gasteiger partial charge in [-0.2, -0.15) is 0 Å². The second-order valence-corrected chi connectivity index (χ2v) is 7.70. The summed E-state index contributed by atoms with van der Waals surface area (Å²) in [6.07, 6.45) is 1.51. The van der Waals surface area contributed by atoms with Crippen molar-refractivity contribution in [1.29, 1.82) is 0 Å². The van der Waals surface area contributed by atoms with E-state index in [9.17, 15) is 8.42 Å². The Morgan fingerprint density at radius 3 is 2.95 bits per heavy atom. The number of rotatable bonds is 5. The monoisotopic (exact) mass is 287 g/mol. The van der Waals surface area contributed by atoms with Crippen molar-refractivity contribution >= 4 is 9.84 Å². The van der Waals surface area contributed by atoms with Gasteiger partial charge in [-0.05, 0) is 35.7 Å². The molecule has 1 unspecified atom stereocenters. The Hall–Kier alpha value is -1.02. The highest BCUT2D eigenvalue weighted by atomic mass is 32.2. The minimum atomic E-state index is -2.95. The second-order valence-electron chi connectivity index (χ2n) is 5.47. The highest BCUT2D eigenvalue weighted by molar-refractivity contribution is 7.91. The van der Waals surface area contributed by atoms with Crippen molar-refractivity contribution in [3.05, 3.63) is 5.82 Å². The fraction of sp³-hybridized carbons (Fsp3) is 0.909. The standard InChI is InChI=1S/C11H21N5O2S/c1-9(2)6-12-7-11-13-14-15-16(11)10-4-3-5-19(17,18)8-10/h9-10,12H,3-8H2,1-2H3. The highest BCUT2D eigenvalue weighted by Gasteiger charge is 2.28. The molecule has 0 bridgehead atoms. The molecule has 1 saturated heterocycles. The smallest absolute Gasteiger partial charge is 0.165 e. The van der Waals surface area contributed by atoms with Gasteiger partial charge in [-0.25, -0.2) is 13.1 Å². The van der Waals surface area contributed by atoms with Crippen LogP contribution in [0.3, 0.4) is 0 Å². The van der Waals surface area contributed by atoms with Gasteiger partial charge < -0.3 is 5.32 Å². The molecule has 1 aromatic rings. The lowest BCUT2D eigenvalue weighted by Crippen LogP contribution is -2.30. The summed E-state index contributed by atoms with van der Waals surface area (Å²) in [7, 11) is -2.95. The predicted octanol–water partition coefficient (Wildman–Crippen LogP) is 0.168. The minimum Gasteiger partial charge on any atom is -0.310 e. The maximum Gasteiger partial charge on any atom is 0.165 e. The van der Waals surface area contributed by atoms with E-state index >= 15 is 0 Å². The number of tetrazole rings is 1. The maximum atomic E-state index is 11.7. The van der Waals surface area contributed by atoms with Gasteiger partial charge in [-0.1, -0.05) is 13.8 Å². The zero-order valence-electron chi connectivity index (χ0n) is 11.4. The Kier molecular flexibility index (Phi) is 4.51. The molecule has 2 rings (SSSR count). The van der Waals surface area contributed by atoms with Gasteiger partial charge in [0.15, 0.2) is 15.7 Å². The van der Waals surface area contributed by atoms with Gasteiger partial charge in [-0.15, -0.1) is 5.10 Å². The molecule has 0 radical (unpaired) electrons. The highest BCUT2D eigenvalue weighted by Crippen LogP contribution is 2.22. The molecule has 0 aromatic carbocycles. The van der Waals surface area contributed by atoms with E-state index < -0.39 is 9.84 Å². The zero-order chi connectivity index (χ0) is 13.9. The average molecular weight is 287 g/mol. The predicted molar refractivity (Wildman–Crippen MR) is 71.3 cm³/mol. The van der Waals surface area contributed by atoms with Crippen LogP contribution in [0.5, 0.6) is 0 Å². The number of nitrogens with one attached hydrogen (secondary N) is 1. The van der Waals surface area contributed by atoms with Crippen LogP contribution in [-0.4, -0.2) is 46.7 Å². The number of aromatic nitrogens is 4. The van der Waals surface area contributed by atoms with E-state index in [-0.39, 0.29) is 17.5 Å².